The first-order valence-electron chi connectivity index (χ1n) is 8.69. The van der Waals surface area contributed by atoms with Gasteiger partial charge in [-0.25, -0.2) is 0 Å². The van der Waals surface area contributed by atoms with Crippen molar-refractivity contribution >= 4 is 11.8 Å². The Bertz CT molecular complexity index is 778. The highest BCUT2D eigenvalue weighted by Gasteiger charge is 2.27. The van der Waals surface area contributed by atoms with E-state index in [1.54, 1.807) is 29.2 Å². The molecule has 0 unspecified atom stereocenters. The van der Waals surface area contributed by atoms with E-state index < -0.39 is 0 Å². The summed E-state index contributed by atoms with van der Waals surface area (Å²) in [6.07, 6.45) is 1.53. The van der Waals surface area contributed by atoms with Crippen LogP contribution in [-0.4, -0.2) is 35.0 Å². The molecule has 1 aromatic carbocycles. The van der Waals surface area contributed by atoms with Crippen molar-refractivity contribution < 1.29 is 18.8 Å². The number of carbonyl (C=O) groups is 2. The number of nitrogens with zero attached hydrogens (tertiary/aromatic N) is 2. The molecule has 0 aliphatic carbocycles. The lowest BCUT2D eigenvalue weighted by molar-refractivity contribution is -0.123. The average molecular weight is 357 g/mol. The summed E-state index contributed by atoms with van der Waals surface area (Å²) in [4.78, 5) is 25.7. The van der Waals surface area contributed by atoms with E-state index in [1.807, 2.05) is 13.8 Å². The monoisotopic (exact) mass is 357 g/mol. The highest BCUT2D eigenvalue weighted by Crippen LogP contribution is 2.21. The summed E-state index contributed by atoms with van der Waals surface area (Å²) in [6.45, 7) is 5.11. The van der Waals surface area contributed by atoms with Crippen LogP contribution in [-0.2, 0) is 11.4 Å². The van der Waals surface area contributed by atoms with Gasteiger partial charge in [0.15, 0.2) is 0 Å². The van der Waals surface area contributed by atoms with Crippen molar-refractivity contribution in [3.8, 4) is 5.75 Å². The molecule has 7 nitrogen and oxygen atoms in total. The summed E-state index contributed by atoms with van der Waals surface area (Å²) < 4.78 is 10.9. The number of carbonyl (C=O) groups excluding carboxylic acids is 2. The second-order valence-corrected chi connectivity index (χ2v) is 6.61. The van der Waals surface area contributed by atoms with Crippen LogP contribution in [0.3, 0.4) is 0 Å². The van der Waals surface area contributed by atoms with Crippen molar-refractivity contribution in [1.29, 1.82) is 0 Å². The largest absolute Gasteiger partial charge is 0.489 e. The van der Waals surface area contributed by atoms with E-state index in [2.05, 4.69) is 5.16 Å². The van der Waals surface area contributed by atoms with Crippen LogP contribution >= 0.6 is 0 Å². The molecule has 2 amide bonds. The zero-order chi connectivity index (χ0) is 18.7. The maximum atomic E-state index is 12.6. The molecular formula is C19H23N3O4. The molecular weight excluding hydrogens is 334 g/mol. The Morgan fingerprint density at radius 1 is 1.31 bits per heavy atom. The van der Waals surface area contributed by atoms with Crippen LogP contribution in [0.2, 0.25) is 0 Å². The third-order valence-corrected chi connectivity index (χ3v) is 4.78. The van der Waals surface area contributed by atoms with Gasteiger partial charge in [-0.05, 0) is 51.0 Å². The number of hydrogen-bond donors (Lipinski definition) is 1. The smallest absolute Gasteiger partial charge is 0.253 e. The summed E-state index contributed by atoms with van der Waals surface area (Å²) in [6, 6.07) is 7.00. The molecule has 0 bridgehead atoms. The van der Waals surface area contributed by atoms with E-state index in [-0.39, 0.29) is 17.7 Å². The molecule has 1 saturated heterocycles. The molecule has 1 fully saturated rings. The molecule has 0 saturated carbocycles. The molecule has 1 atom stereocenters. The first-order valence-corrected chi connectivity index (χ1v) is 8.69. The molecule has 2 N–H and O–H groups in total. The normalized spacial score (nSPS) is 17.2. The highest BCUT2D eigenvalue weighted by molar-refractivity contribution is 5.94. The van der Waals surface area contributed by atoms with Gasteiger partial charge >= 0.3 is 0 Å². The first-order chi connectivity index (χ1) is 12.5. The van der Waals surface area contributed by atoms with Gasteiger partial charge in [-0.3, -0.25) is 9.59 Å². The van der Waals surface area contributed by atoms with Gasteiger partial charge < -0.3 is 19.9 Å². The maximum Gasteiger partial charge on any atom is 0.253 e. The van der Waals surface area contributed by atoms with Crippen molar-refractivity contribution in [3.63, 3.8) is 0 Å². The minimum absolute atomic E-state index is 0.0896. The number of primary amides is 1. The molecule has 1 aromatic heterocycles. The van der Waals surface area contributed by atoms with Crippen LogP contribution < -0.4 is 10.5 Å². The molecule has 1 aliphatic rings. The number of ether oxygens (including phenoxy) is 1. The Balaban J connectivity index is 1.62. The SMILES string of the molecule is Cc1noc(C)c1COc1ccc(C(=O)N2CCC[C@@H](C(N)=O)C2)cc1. The summed E-state index contributed by atoms with van der Waals surface area (Å²) in [5.41, 5.74) is 7.68. The van der Waals surface area contributed by atoms with Gasteiger partial charge in [0.1, 0.15) is 18.1 Å². The highest BCUT2D eigenvalue weighted by atomic mass is 16.5. The Hall–Kier alpha value is -2.83. The van der Waals surface area contributed by atoms with Crippen molar-refractivity contribution in [2.45, 2.75) is 33.3 Å². The van der Waals surface area contributed by atoms with E-state index in [0.29, 0.717) is 31.0 Å². The number of piperidine rings is 1. The lowest BCUT2D eigenvalue weighted by atomic mass is 9.97. The van der Waals surface area contributed by atoms with Gasteiger partial charge in [-0.15, -0.1) is 0 Å². The van der Waals surface area contributed by atoms with Crippen LogP contribution in [0.1, 0.15) is 40.2 Å². The fourth-order valence-corrected chi connectivity index (χ4v) is 3.13. The molecule has 7 heteroatoms. The number of rotatable bonds is 5. The van der Waals surface area contributed by atoms with Crippen molar-refractivity contribution in [1.82, 2.24) is 10.1 Å². The summed E-state index contributed by atoms with van der Waals surface area (Å²) in [5, 5.41) is 3.90. The Kier molecular flexibility index (Phi) is 5.25. The van der Waals surface area contributed by atoms with Crippen LogP contribution in [0, 0.1) is 19.8 Å². The number of nitrogens with two attached hydrogens (primary N) is 1. The van der Waals surface area contributed by atoms with Gasteiger partial charge in [0, 0.05) is 18.7 Å². The molecule has 2 aromatic rings. The Morgan fingerprint density at radius 2 is 2.04 bits per heavy atom. The topological polar surface area (TPSA) is 98.7 Å². The lowest BCUT2D eigenvalue weighted by Gasteiger charge is -2.31. The minimum Gasteiger partial charge on any atom is -0.489 e. The number of benzene rings is 1. The third-order valence-electron chi connectivity index (χ3n) is 4.78. The minimum atomic E-state index is -0.342. The summed E-state index contributed by atoms with van der Waals surface area (Å²) in [7, 11) is 0. The van der Waals surface area contributed by atoms with E-state index in [4.69, 9.17) is 15.0 Å². The zero-order valence-electron chi connectivity index (χ0n) is 15.0. The van der Waals surface area contributed by atoms with Gasteiger partial charge in [-0.1, -0.05) is 5.16 Å². The quantitative estimate of drug-likeness (QED) is 0.884. The van der Waals surface area contributed by atoms with Crippen LogP contribution in [0.15, 0.2) is 28.8 Å². The molecule has 26 heavy (non-hydrogen) atoms. The molecule has 0 spiro atoms. The predicted molar refractivity (Wildman–Crippen MR) is 94.6 cm³/mol. The molecule has 2 heterocycles. The van der Waals surface area contributed by atoms with Crippen LogP contribution in [0.5, 0.6) is 5.75 Å². The molecule has 138 valence electrons. The third kappa shape index (κ3) is 3.87. The maximum absolute atomic E-state index is 12.6. The van der Waals surface area contributed by atoms with E-state index in [0.717, 1.165) is 29.9 Å². The average Bonchev–Trinajstić information content (AvgIpc) is 2.98. The molecule has 0 radical (unpaired) electrons. The van der Waals surface area contributed by atoms with E-state index in [9.17, 15) is 9.59 Å². The summed E-state index contributed by atoms with van der Waals surface area (Å²) >= 11 is 0. The van der Waals surface area contributed by atoms with E-state index in [1.165, 1.54) is 0 Å². The number of aryl methyl sites for hydroxylation is 2. The van der Waals surface area contributed by atoms with Crippen molar-refractivity contribution in [2.75, 3.05) is 13.1 Å². The van der Waals surface area contributed by atoms with E-state index >= 15 is 0 Å². The van der Waals surface area contributed by atoms with Gasteiger partial charge in [0.25, 0.3) is 5.91 Å². The second-order valence-electron chi connectivity index (χ2n) is 6.61. The number of likely N-dealkylation sites (tertiary alicyclic amines) is 1. The second kappa shape index (κ2) is 7.59. The Morgan fingerprint density at radius 3 is 2.65 bits per heavy atom. The predicted octanol–water partition coefficient (Wildman–Crippen LogP) is 2.21. The fraction of sp³-hybridized carbons (Fsp3) is 0.421. The van der Waals surface area contributed by atoms with Crippen LogP contribution in [0.4, 0.5) is 0 Å². The molecule has 3 rings (SSSR count). The number of hydrogen-bond acceptors (Lipinski definition) is 5. The van der Waals surface area contributed by atoms with Crippen molar-refractivity contribution in [2.24, 2.45) is 11.7 Å². The zero-order valence-corrected chi connectivity index (χ0v) is 15.0. The first kappa shape index (κ1) is 18.0. The van der Waals surface area contributed by atoms with Gasteiger partial charge in [-0.2, -0.15) is 0 Å². The van der Waals surface area contributed by atoms with Gasteiger partial charge in [0.2, 0.25) is 5.91 Å². The molecule has 1 aliphatic heterocycles. The van der Waals surface area contributed by atoms with Crippen molar-refractivity contribution in [3.05, 3.63) is 46.8 Å². The lowest BCUT2D eigenvalue weighted by Crippen LogP contribution is -2.44. The fourth-order valence-electron chi connectivity index (χ4n) is 3.13. The number of amides is 2. The van der Waals surface area contributed by atoms with Crippen LogP contribution in [0.25, 0.3) is 0 Å². The Labute approximate surface area is 152 Å². The number of aromatic nitrogens is 1. The standard InChI is InChI=1S/C19H23N3O4/c1-12-17(13(2)26-21-12)11-25-16-7-5-14(6-8-16)19(24)22-9-3-4-15(10-22)18(20)23/h5-8,15H,3-4,9-11H2,1-2H3,(H2,20,23)/t15-/m1/s1. The summed E-state index contributed by atoms with van der Waals surface area (Å²) in [5.74, 6) is 0.711. The van der Waals surface area contributed by atoms with Gasteiger partial charge in [0.05, 0.1) is 17.2 Å².